The van der Waals surface area contributed by atoms with E-state index in [2.05, 4.69) is 5.32 Å². The van der Waals surface area contributed by atoms with Gasteiger partial charge >= 0.3 is 0 Å². The van der Waals surface area contributed by atoms with Gasteiger partial charge in [0.2, 0.25) is 5.91 Å². The second kappa shape index (κ2) is 8.36. The first-order valence-electron chi connectivity index (χ1n) is 6.28. The van der Waals surface area contributed by atoms with Crippen molar-refractivity contribution in [1.29, 1.82) is 0 Å². The predicted molar refractivity (Wildman–Crippen MR) is 74.9 cm³/mol. The van der Waals surface area contributed by atoms with Gasteiger partial charge in [-0.25, -0.2) is 17.6 Å². The van der Waals surface area contributed by atoms with Crippen LogP contribution in [0.15, 0.2) is 0 Å². The van der Waals surface area contributed by atoms with E-state index in [1.54, 1.807) is 4.90 Å². The molecule has 21 heavy (non-hydrogen) atoms. The zero-order valence-electron chi connectivity index (χ0n) is 11.2. The molecule has 2 heterocycles. The number of carbonyl (C=O) groups excluding carboxylic acids is 1. The molecule has 2 rings (SSSR count). The van der Waals surface area contributed by atoms with Gasteiger partial charge in [-0.1, -0.05) is 0 Å². The van der Waals surface area contributed by atoms with Gasteiger partial charge in [0.05, 0.1) is 19.1 Å². The number of amides is 1. The number of alkyl halides is 4. The van der Waals surface area contributed by atoms with Crippen molar-refractivity contribution in [2.45, 2.75) is 24.8 Å². The van der Waals surface area contributed by atoms with E-state index in [0.29, 0.717) is 26.2 Å². The number of halogens is 6. The molecule has 2 aliphatic heterocycles. The number of carbonyl (C=O) groups is 1. The summed E-state index contributed by atoms with van der Waals surface area (Å²) in [7, 11) is 0. The Morgan fingerprint density at radius 3 is 2.19 bits per heavy atom. The smallest absolute Gasteiger partial charge is 0.262 e. The molecule has 10 heteroatoms. The molecule has 2 saturated heterocycles. The second-order valence-corrected chi connectivity index (χ2v) is 5.01. The molecule has 1 atom stereocenters. The zero-order chi connectivity index (χ0) is 14.0. The lowest BCUT2D eigenvalue weighted by Gasteiger charge is -2.35. The van der Waals surface area contributed by atoms with E-state index in [1.165, 1.54) is 4.90 Å². The summed E-state index contributed by atoms with van der Waals surface area (Å²) in [4.78, 5) is 15.0. The lowest BCUT2D eigenvalue weighted by molar-refractivity contribution is -0.135. The van der Waals surface area contributed by atoms with Gasteiger partial charge in [0, 0.05) is 32.6 Å². The number of rotatable bonds is 3. The highest BCUT2D eigenvalue weighted by molar-refractivity contribution is 5.85. The molecule has 0 aromatic heterocycles. The van der Waals surface area contributed by atoms with Crippen molar-refractivity contribution in [2.75, 3.05) is 39.3 Å². The van der Waals surface area contributed by atoms with E-state index >= 15 is 0 Å². The molecule has 2 aliphatic rings. The van der Waals surface area contributed by atoms with Crippen LogP contribution in [0.4, 0.5) is 17.6 Å². The average Bonchev–Trinajstić information content (AvgIpc) is 2.69. The summed E-state index contributed by atoms with van der Waals surface area (Å²) in [5, 5.41) is 2.51. The van der Waals surface area contributed by atoms with Gasteiger partial charge in [-0.05, 0) is 0 Å². The van der Waals surface area contributed by atoms with E-state index in [-0.39, 0.29) is 37.3 Å². The third kappa shape index (κ3) is 5.77. The maximum atomic E-state index is 13.0. The SMILES string of the molecule is Cl.Cl.O=C(C1CC(F)(F)CN1)N1CCN(CC(F)F)CC1. The molecule has 1 N–H and O–H groups in total. The maximum absolute atomic E-state index is 13.0. The molecule has 126 valence electrons. The molecule has 1 amide bonds. The van der Waals surface area contributed by atoms with Gasteiger partial charge in [0.1, 0.15) is 0 Å². The van der Waals surface area contributed by atoms with Crippen molar-refractivity contribution in [3.63, 3.8) is 0 Å². The molecule has 1 unspecified atom stereocenters. The standard InChI is InChI=1S/C11H17F4N3O.2ClH/c12-9(13)6-17-1-3-18(4-2-17)10(19)8-5-11(14,15)7-16-8;;/h8-9,16H,1-7H2;2*1H. The molecule has 2 fully saturated rings. The minimum absolute atomic E-state index is 0. The Kier molecular flexibility index (Phi) is 8.23. The lowest BCUT2D eigenvalue weighted by atomic mass is 10.1. The fourth-order valence-electron chi connectivity index (χ4n) is 2.46. The molecule has 0 aromatic carbocycles. The molecular weight excluding hydrogens is 337 g/mol. The van der Waals surface area contributed by atoms with Crippen molar-refractivity contribution in [1.82, 2.24) is 15.1 Å². The van der Waals surface area contributed by atoms with Crippen LogP contribution >= 0.6 is 24.8 Å². The molecular formula is C11H19Cl2F4N3O. The highest BCUT2D eigenvalue weighted by Crippen LogP contribution is 2.26. The Labute approximate surface area is 133 Å². The second-order valence-electron chi connectivity index (χ2n) is 5.01. The fraction of sp³-hybridized carbons (Fsp3) is 0.909. The third-order valence-corrected chi connectivity index (χ3v) is 3.49. The number of piperazine rings is 1. The first-order chi connectivity index (χ1) is 8.87. The Hall–Kier alpha value is -0.310. The van der Waals surface area contributed by atoms with E-state index in [1.807, 2.05) is 0 Å². The minimum atomic E-state index is -2.84. The van der Waals surface area contributed by atoms with Crippen LogP contribution in [0, 0.1) is 0 Å². The predicted octanol–water partition coefficient (Wildman–Crippen LogP) is 1.24. The van der Waals surface area contributed by atoms with Crippen LogP contribution in [0.25, 0.3) is 0 Å². The number of nitrogens with one attached hydrogen (secondary N) is 1. The van der Waals surface area contributed by atoms with Crippen LogP contribution in [0.3, 0.4) is 0 Å². The van der Waals surface area contributed by atoms with Crippen LogP contribution in [-0.4, -0.2) is 73.4 Å². The topological polar surface area (TPSA) is 35.6 Å². The lowest BCUT2D eigenvalue weighted by Crippen LogP contribution is -2.53. The molecule has 0 bridgehead atoms. The molecule has 0 aromatic rings. The summed E-state index contributed by atoms with van der Waals surface area (Å²) < 4.78 is 50.4. The van der Waals surface area contributed by atoms with E-state index in [4.69, 9.17) is 0 Å². The van der Waals surface area contributed by atoms with Crippen LogP contribution in [0.5, 0.6) is 0 Å². The van der Waals surface area contributed by atoms with Crippen molar-refractivity contribution < 1.29 is 22.4 Å². The summed E-state index contributed by atoms with van der Waals surface area (Å²) in [5.74, 6) is -3.19. The Morgan fingerprint density at radius 1 is 1.19 bits per heavy atom. The summed E-state index contributed by atoms with van der Waals surface area (Å²) in [5.41, 5.74) is 0. The van der Waals surface area contributed by atoms with Gasteiger partial charge in [0.15, 0.2) is 0 Å². The van der Waals surface area contributed by atoms with Gasteiger partial charge < -0.3 is 4.90 Å². The van der Waals surface area contributed by atoms with E-state index in [0.717, 1.165) is 0 Å². The van der Waals surface area contributed by atoms with Crippen molar-refractivity contribution in [3.8, 4) is 0 Å². The summed E-state index contributed by atoms with van der Waals surface area (Å²) in [6.45, 7) is 0.569. The quantitative estimate of drug-likeness (QED) is 0.773. The van der Waals surface area contributed by atoms with Gasteiger partial charge in [-0.2, -0.15) is 0 Å². The van der Waals surface area contributed by atoms with Crippen molar-refractivity contribution in [3.05, 3.63) is 0 Å². The first-order valence-corrected chi connectivity index (χ1v) is 6.28. The van der Waals surface area contributed by atoms with Gasteiger partial charge in [-0.15, -0.1) is 24.8 Å². The minimum Gasteiger partial charge on any atom is -0.339 e. The number of nitrogens with zero attached hydrogens (tertiary/aromatic N) is 2. The van der Waals surface area contributed by atoms with Crippen LogP contribution in [-0.2, 0) is 4.79 Å². The molecule has 4 nitrogen and oxygen atoms in total. The largest absolute Gasteiger partial charge is 0.339 e. The van der Waals surface area contributed by atoms with Gasteiger partial charge in [0.25, 0.3) is 12.3 Å². The van der Waals surface area contributed by atoms with Crippen LogP contribution in [0.1, 0.15) is 6.42 Å². The molecule has 0 aliphatic carbocycles. The number of hydrogen-bond acceptors (Lipinski definition) is 3. The number of hydrogen-bond donors (Lipinski definition) is 1. The van der Waals surface area contributed by atoms with E-state index in [9.17, 15) is 22.4 Å². The summed E-state index contributed by atoms with van der Waals surface area (Å²) in [6, 6.07) is -0.850. The molecule has 0 saturated carbocycles. The Balaban J connectivity index is 0.00000200. The van der Waals surface area contributed by atoms with Crippen molar-refractivity contribution in [2.24, 2.45) is 0 Å². The van der Waals surface area contributed by atoms with Crippen LogP contribution < -0.4 is 5.32 Å². The van der Waals surface area contributed by atoms with Crippen molar-refractivity contribution >= 4 is 30.7 Å². The van der Waals surface area contributed by atoms with E-state index < -0.39 is 31.4 Å². The summed E-state index contributed by atoms with van der Waals surface area (Å²) in [6.07, 6.45) is -2.87. The normalized spacial score (nSPS) is 25.4. The van der Waals surface area contributed by atoms with Gasteiger partial charge in [-0.3, -0.25) is 15.0 Å². The first kappa shape index (κ1) is 20.7. The average molecular weight is 356 g/mol. The van der Waals surface area contributed by atoms with Crippen LogP contribution in [0.2, 0.25) is 0 Å². The Bertz CT molecular complexity index is 341. The summed E-state index contributed by atoms with van der Waals surface area (Å²) >= 11 is 0. The zero-order valence-corrected chi connectivity index (χ0v) is 12.9. The highest BCUT2D eigenvalue weighted by atomic mass is 35.5. The molecule has 0 spiro atoms. The fourth-order valence-corrected chi connectivity index (χ4v) is 2.46. The third-order valence-electron chi connectivity index (χ3n) is 3.49. The molecule has 0 radical (unpaired) electrons. The monoisotopic (exact) mass is 355 g/mol. The maximum Gasteiger partial charge on any atom is 0.262 e. The Morgan fingerprint density at radius 2 is 1.76 bits per heavy atom. The highest BCUT2D eigenvalue weighted by Gasteiger charge is 2.43.